The summed E-state index contributed by atoms with van der Waals surface area (Å²) in [5.74, 6) is 1.16. The number of ketones is 1. The van der Waals surface area contributed by atoms with Crippen molar-refractivity contribution in [3.05, 3.63) is 76.4 Å². The minimum atomic E-state index is -0.233. The fraction of sp³-hybridized carbons (Fsp3) is 0. The molecule has 0 fully saturated rings. The molecule has 0 N–H and O–H groups in total. The van der Waals surface area contributed by atoms with E-state index in [4.69, 9.17) is 32.0 Å². The zero-order valence-corrected chi connectivity index (χ0v) is 12.8. The van der Waals surface area contributed by atoms with Crippen LogP contribution in [0, 0.1) is 0 Å². The minimum Gasteiger partial charge on any atom is -0.461 e. The summed E-state index contributed by atoms with van der Waals surface area (Å²) in [7, 11) is 0. The van der Waals surface area contributed by atoms with Gasteiger partial charge in [-0.15, -0.1) is 0 Å². The molecule has 3 nitrogen and oxygen atoms in total. The van der Waals surface area contributed by atoms with Crippen molar-refractivity contribution in [2.45, 2.75) is 0 Å². The molecule has 0 saturated carbocycles. The Bertz CT molecular complexity index is 829. The van der Waals surface area contributed by atoms with E-state index in [1.807, 2.05) is 0 Å². The number of halogens is 2. The monoisotopic (exact) mass is 332 g/mol. The summed E-state index contributed by atoms with van der Waals surface area (Å²) in [5, 5.41) is 1.11. The SMILES string of the molecule is O=C(/C=C/c1ccc(-c2cc(Cl)ccc2Cl)o1)c1ccco1. The lowest BCUT2D eigenvalue weighted by atomic mass is 10.2. The number of furan rings is 2. The smallest absolute Gasteiger partial charge is 0.221 e. The molecule has 0 unspecified atom stereocenters. The molecule has 0 aliphatic heterocycles. The van der Waals surface area contributed by atoms with E-state index in [2.05, 4.69) is 0 Å². The second kappa shape index (κ2) is 6.26. The van der Waals surface area contributed by atoms with Gasteiger partial charge in [-0.2, -0.15) is 0 Å². The molecular formula is C17H10Cl2O3. The predicted octanol–water partition coefficient (Wildman–Crippen LogP) is 5.74. The van der Waals surface area contributed by atoms with Gasteiger partial charge in [0.2, 0.25) is 5.78 Å². The van der Waals surface area contributed by atoms with Crippen LogP contribution in [-0.2, 0) is 0 Å². The summed E-state index contributed by atoms with van der Waals surface area (Å²) in [6.45, 7) is 0. The van der Waals surface area contributed by atoms with Crippen LogP contribution in [-0.4, -0.2) is 5.78 Å². The van der Waals surface area contributed by atoms with Crippen LogP contribution in [0.3, 0.4) is 0 Å². The number of hydrogen-bond acceptors (Lipinski definition) is 3. The van der Waals surface area contributed by atoms with Crippen LogP contribution in [0.2, 0.25) is 10.0 Å². The van der Waals surface area contributed by atoms with Gasteiger partial charge in [-0.05, 0) is 54.6 Å². The first-order chi connectivity index (χ1) is 10.6. The van der Waals surface area contributed by atoms with Gasteiger partial charge >= 0.3 is 0 Å². The number of carbonyl (C=O) groups is 1. The van der Waals surface area contributed by atoms with E-state index in [1.54, 1.807) is 48.5 Å². The summed E-state index contributed by atoms with van der Waals surface area (Å²) in [6.07, 6.45) is 4.42. The molecule has 2 aromatic heterocycles. The van der Waals surface area contributed by atoms with Crippen molar-refractivity contribution < 1.29 is 13.6 Å². The van der Waals surface area contributed by atoms with Crippen LogP contribution in [0.4, 0.5) is 0 Å². The third-order valence-corrected chi connectivity index (χ3v) is 3.55. The second-order valence-corrected chi connectivity index (χ2v) is 5.34. The van der Waals surface area contributed by atoms with Gasteiger partial charge in [0.1, 0.15) is 11.5 Å². The van der Waals surface area contributed by atoms with Gasteiger partial charge in [-0.3, -0.25) is 4.79 Å². The molecule has 0 aliphatic carbocycles. The molecule has 0 spiro atoms. The van der Waals surface area contributed by atoms with E-state index in [1.165, 1.54) is 12.3 Å². The quantitative estimate of drug-likeness (QED) is 0.451. The Labute approximate surface area is 136 Å². The predicted molar refractivity (Wildman–Crippen MR) is 86.2 cm³/mol. The van der Waals surface area contributed by atoms with E-state index in [0.29, 0.717) is 27.1 Å². The minimum absolute atomic E-state index is 0.233. The number of carbonyl (C=O) groups excluding carboxylic acids is 1. The van der Waals surface area contributed by atoms with E-state index < -0.39 is 0 Å². The van der Waals surface area contributed by atoms with Crippen molar-refractivity contribution in [2.75, 3.05) is 0 Å². The summed E-state index contributed by atoms with van der Waals surface area (Å²) in [5.41, 5.74) is 0.700. The number of allylic oxidation sites excluding steroid dienone is 1. The van der Waals surface area contributed by atoms with Crippen molar-refractivity contribution >= 4 is 35.1 Å². The number of benzene rings is 1. The molecule has 2 heterocycles. The van der Waals surface area contributed by atoms with Gasteiger partial charge in [0.15, 0.2) is 5.76 Å². The van der Waals surface area contributed by atoms with Gasteiger partial charge in [-0.1, -0.05) is 23.2 Å². The van der Waals surface area contributed by atoms with Crippen LogP contribution in [0.15, 0.2) is 63.6 Å². The number of rotatable bonds is 4. The standard InChI is InChI=1S/C17H10Cl2O3/c18-11-3-6-14(19)13(10-11)16-8-5-12(22-16)4-7-15(20)17-2-1-9-21-17/h1-10H/b7-4+. The molecule has 110 valence electrons. The van der Waals surface area contributed by atoms with Crippen LogP contribution in [0.25, 0.3) is 17.4 Å². The normalized spacial score (nSPS) is 11.2. The highest BCUT2D eigenvalue weighted by atomic mass is 35.5. The summed E-state index contributed by atoms with van der Waals surface area (Å²) >= 11 is 12.1. The van der Waals surface area contributed by atoms with Crippen molar-refractivity contribution in [1.82, 2.24) is 0 Å². The first-order valence-electron chi connectivity index (χ1n) is 6.44. The molecule has 0 bridgehead atoms. The lowest BCUT2D eigenvalue weighted by molar-refractivity contribution is 0.102. The largest absolute Gasteiger partial charge is 0.461 e. The maximum absolute atomic E-state index is 11.8. The summed E-state index contributed by atoms with van der Waals surface area (Å²) in [6, 6.07) is 11.9. The van der Waals surface area contributed by atoms with Crippen LogP contribution in [0.5, 0.6) is 0 Å². The Balaban J connectivity index is 1.82. The first kappa shape index (κ1) is 14.7. The molecule has 0 radical (unpaired) electrons. The zero-order valence-electron chi connectivity index (χ0n) is 11.3. The van der Waals surface area contributed by atoms with Crippen molar-refractivity contribution in [2.24, 2.45) is 0 Å². The topological polar surface area (TPSA) is 43.4 Å². The molecule has 5 heteroatoms. The molecule has 0 atom stereocenters. The van der Waals surface area contributed by atoms with Crippen molar-refractivity contribution in [3.63, 3.8) is 0 Å². The zero-order chi connectivity index (χ0) is 15.5. The van der Waals surface area contributed by atoms with Crippen LogP contribution < -0.4 is 0 Å². The highest BCUT2D eigenvalue weighted by molar-refractivity contribution is 6.35. The average molecular weight is 333 g/mol. The van der Waals surface area contributed by atoms with Gasteiger partial charge in [0.25, 0.3) is 0 Å². The Morgan fingerprint density at radius 2 is 1.95 bits per heavy atom. The Kier molecular flexibility index (Phi) is 4.18. The van der Waals surface area contributed by atoms with E-state index in [9.17, 15) is 4.79 Å². The van der Waals surface area contributed by atoms with E-state index >= 15 is 0 Å². The third-order valence-electron chi connectivity index (χ3n) is 2.98. The fourth-order valence-electron chi connectivity index (χ4n) is 1.93. The van der Waals surface area contributed by atoms with Crippen LogP contribution in [0.1, 0.15) is 16.3 Å². The van der Waals surface area contributed by atoms with E-state index in [0.717, 1.165) is 0 Å². The lowest BCUT2D eigenvalue weighted by Crippen LogP contribution is -1.89. The lowest BCUT2D eigenvalue weighted by Gasteiger charge is -2.00. The average Bonchev–Trinajstić information content (AvgIpc) is 3.18. The highest BCUT2D eigenvalue weighted by Gasteiger charge is 2.09. The molecule has 0 aliphatic rings. The molecule has 0 saturated heterocycles. The summed E-state index contributed by atoms with van der Waals surface area (Å²) < 4.78 is 10.7. The highest BCUT2D eigenvalue weighted by Crippen LogP contribution is 2.32. The molecule has 3 aromatic rings. The maximum Gasteiger partial charge on any atom is 0.221 e. The van der Waals surface area contributed by atoms with Crippen molar-refractivity contribution in [3.8, 4) is 11.3 Å². The first-order valence-corrected chi connectivity index (χ1v) is 7.20. The van der Waals surface area contributed by atoms with E-state index in [-0.39, 0.29) is 11.5 Å². The third kappa shape index (κ3) is 3.16. The number of hydrogen-bond donors (Lipinski definition) is 0. The van der Waals surface area contributed by atoms with Gasteiger partial charge < -0.3 is 8.83 Å². The molecular weight excluding hydrogens is 323 g/mol. The molecule has 0 amide bonds. The molecule has 1 aromatic carbocycles. The summed E-state index contributed by atoms with van der Waals surface area (Å²) in [4.78, 5) is 11.8. The Hall–Kier alpha value is -2.23. The van der Waals surface area contributed by atoms with Gasteiger partial charge in [-0.25, -0.2) is 0 Å². The van der Waals surface area contributed by atoms with Gasteiger partial charge in [0, 0.05) is 10.6 Å². The van der Waals surface area contributed by atoms with Gasteiger partial charge in [0.05, 0.1) is 11.3 Å². The maximum atomic E-state index is 11.8. The Morgan fingerprint density at radius 3 is 2.73 bits per heavy atom. The Morgan fingerprint density at radius 1 is 1.09 bits per heavy atom. The fourth-order valence-corrected chi connectivity index (χ4v) is 2.31. The molecule has 3 rings (SSSR count). The molecule has 22 heavy (non-hydrogen) atoms. The van der Waals surface area contributed by atoms with Crippen molar-refractivity contribution in [1.29, 1.82) is 0 Å². The van der Waals surface area contributed by atoms with Crippen LogP contribution >= 0.6 is 23.2 Å². The second-order valence-electron chi connectivity index (χ2n) is 4.50.